The average molecular weight is 434 g/mol. The summed E-state index contributed by atoms with van der Waals surface area (Å²) in [4.78, 5) is 25.0. The predicted molar refractivity (Wildman–Crippen MR) is 119 cm³/mol. The van der Waals surface area contributed by atoms with E-state index in [2.05, 4.69) is 16.7 Å². The Morgan fingerprint density at radius 1 is 1.19 bits per heavy atom. The first kappa shape index (κ1) is 20.7. The third-order valence-electron chi connectivity index (χ3n) is 6.40. The summed E-state index contributed by atoms with van der Waals surface area (Å²) in [5.41, 5.74) is 5.27. The molecule has 3 heterocycles. The highest BCUT2D eigenvalue weighted by Crippen LogP contribution is 2.41. The monoisotopic (exact) mass is 434 g/mol. The van der Waals surface area contributed by atoms with E-state index in [4.69, 9.17) is 14.2 Å². The van der Waals surface area contributed by atoms with Gasteiger partial charge in [-0.2, -0.15) is 0 Å². The maximum absolute atomic E-state index is 12.6. The van der Waals surface area contributed by atoms with E-state index in [9.17, 15) is 9.59 Å². The number of para-hydroxylation sites is 1. The van der Waals surface area contributed by atoms with E-state index in [1.165, 1.54) is 7.11 Å². The Labute approximate surface area is 186 Å². The molecule has 0 radical (unpaired) electrons. The Bertz CT molecular complexity index is 1090. The van der Waals surface area contributed by atoms with Crippen LogP contribution in [0.4, 0.5) is 5.69 Å². The summed E-state index contributed by atoms with van der Waals surface area (Å²) in [6, 6.07) is 13.4. The van der Waals surface area contributed by atoms with Crippen molar-refractivity contribution < 1.29 is 23.8 Å². The number of fused-ring (bicyclic) bond motifs is 2. The van der Waals surface area contributed by atoms with E-state index < -0.39 is 0 Å². The highest BCUT2D eigenvalue weighted by molar-refractivity contribution is 6.36. The summed E-state index contributed by atoms with van der Waals surface area (Å²) in [6.45, 7) is 2.30. The number of rotatable bonds is 5. The summed E-state index contributed by atoms with van der Waals surface area (Å²) in [5, 5.41) is 6.29. The SMILES string of the molecule is COC(=O)C(NCc1ccc2c(c1)COC2=C1C(=O)Nc2ccccc21)C1CCOCC1. The van der Waals surface area contributed by atoms with Crippen molar-refractivity contribution >= 4 is 28.9 Å². The molecule has 0 saturated carbocycles. The van der Waals surface area contributed by atoms with Gasteiger partial charge in [-0.15, -0.1) is 0 Å². The lowest BCUT2D eigenvalue weighted by Gasteiger charge is -2.29. The number of carbonyl (C=O) groups excluding carboxylic acids is 2. The van der Waals surface area contributed by atoms with Crippen LogP contribution in [0, 0.1) is 5.92 Å². The van der Waals surface area contributed by atoms with Crippen LogP contribution < -0.4 is 10.6 Å². The Hall–Kier alpha value is -3.16. The fourth-order valence-corrected chi connectivity index (χ4v) is 4.72. The number of ether oxygens (including phenoxy) is 3. The molecule has 32 heavy (non-hydrogen) atoms. The van der Waals surface area contributed by atoms with Gasteiger partial charge in [0.05, 0.1) is 12.7 Å². The lowest BCUT2D eigenvalue weighted by molar-refractivity contribution is -0.145. The lowest BCUT2D eigenvalue weighted by atomic mass is 9.91. The molecule has 1 atom stereocenters. The number of carbonyl (C=O) groups is 2. The number of amides is 1. The molecule has 3 aliphatic heterocycles. The van der Waals surface area contributed by atoms with Gasteiger partial charge < -0.3 is 24.8 Å². The second-order valence-corrected chi connectivity index (χ2v) is 8.32. The minimum absolute atomic E-state index is 0.142. The number of benzene rings is 2. The van der Waals surface area contributed by atoms with Crippen LogP contribution >= 0.6 is 0 Å². The highest BCUT2D eigenvalue weighted by Gasteiger charge is 2.33. The maximum Gasteiger partial charge on any atom is 0.323 e. The van der Waals surface area contributed by atoms with Gasteiger partial charge in [-0.1, -0.05) is 36.4 Å². The number of hydrogen-bond acceptors (Lipinski definition) is 6. The third-order valence-corrected chi connectivity index (χ3v) is 6.40. The topological polar surface area (TPSA) is 85.9 Å². The second kappa shape index (κ2) is 8.76. The number of esters is 1. The lowest BCUT2D eigenvalue weighted by Crippen LogP contribution is -2.45. The van der Waals surface area contributed by atoms with Gasteiger partial charge in [0.15, 0.2) is 0 Å². The van der Waals surface area contributed by atoms with E-state index in [0.717, 1.165) is 40.8 Å². The zero-order chi connectivity index (χ0) is 22.1. The maximum atomic E-state index is 12.6. The summed E-state index contributed by atoms with van der Waals surface area (Å²) in [5.74, 6) is 0.444. The third kappa shape index (κ3) is 3.78. The molecule has 7 nitrogen and oxygen atoms in total. The summed E-state index contributed by atoms with van der Waals surface area (Å²) in [6.07, 6.45) is 1.68. The fraction of sp³-hybridized carbons (Fsp3) is 0.360. The molecule has 2 aromatic rings. The molecule has 0 bridgehead atoms. The number of nitrogens with one attached hydrogen (secondary N) is 2. The summed E-state index contributed by atoms with van der Waals surface area (Å²) < 4.78 is 16.4. The van der Waals surface area contributed by atoms with Crippen molar-refractivity contribution in [2.45, 2.75) is 32.0 Å². The van der Waals surface area contributed by atoms with Crippen molar-refractivity contribution in [3.63, 3.8) is 0 Å². The van der Waals surface area contributed by atoms with Gasteiger partial charge in [0, 0.05) is 42.1 Å². The van der Waals surface area contributed by atoms with Gasteiger partial charge in [-0.3, -0.25) is 9.59 Å². The molecule has 7 heteroatoms. The van der Waals surface area contributed by atoms with Crippen LogP contribution in [-0.2, 0) is 37.0 Å². The van der Waals surface area contributed by atoms with Crippen LogP contribution in [0.1, 0.15) is 35.1 Å². The van der Waals surface area contributed by atoms with Crippen LogP contribution in [0.5, 0.6) is 0 Å². The van der Waals surface area contributed by atoms with Crippen molar-refractivity contribution in [2.24, 2.45) is 5.92 Å². The van der Waals surface area contributed by atoms with Gasteiger partial charge in [0.2, 0.25) is 0 Å². The highest BCUT2D eigenvalue weighted by atomic mass is 16.5. The standard InChI is InChI=1S/C25H26N2O5/c1-30-25(29)22(16-8-10-31-11-9-16)26-13-15-6-7-18-17(12-15)14-32-23(18)21-19-4-2-3-5-20(19)27-24(21)28/h2-7,12,16,22,26H,8-11,13-14H2,1H3,(H,27,28). The molecule has 1 amide bonds. The van der Waals surface area contributed by atoms with E-state index in [1.807, 2.05) is 36.4 Å². The van der Waals surface area contributed by atoms with Gasteiger partial charge in [0.1, 0.15) is 18.4 Å². The van der Waals surface area contributed by atoms with Crippen molar-refractivity contribution in [1.29, 1.82) is 0 Å². The Morgan fingerprint density at radius 2 is 2.00 bits per heavy atom. The van der Waals surface area contributed by atoms with Crippen molar-refractivity contribution in [1.82, 2.24) is 5.32 Å². The molecule has 2 aromatic carbocycles. The van der Waals surface area contributed by atoms with Gasteiger partial charge in [0.25, 0.3) is 5.91 Å². The molecule has 2 N–H and O–H groups in total. The first-order valence-electron chi connectivity index (χ1n) is 10.9. The van der Waals surface area contributed by atoms with E-state index >= 15 is 0 Å². The quantitative estimate of drug-likeness (QED) is 0.556. The van der Waals surface area contributed by atoms with E-state index in [1.54, 1.807) is 0 Å². The molecule has 5 rings (SSSR count). The van der Waals surface area contributed by atoms with E-state index in [-0.39, 0.29) is 23.8 Å². The Kier molecular flexibility index (Phi) is 5.68. The van der Waals surface area contributed by atoms with Crippen molar-refractivity contribution in [2.75, 3.05) is 25.6 Å². The zero-order valence-electron chi connectivity index (χ0n) is 18.0. The fourth-order valence-electron chi connectivity index (χ4n) is 4.72. The zero-order valence-corrected chi connectivity index (χ0v) is 18.0. The predicted octanol–water partition coefficient (Wildman–Crippen LogP) is 3.10. The average Bonchev–Trinajstić information content (AvgIpc) is 3.38. The summed E-state index contributed by atoms with van der Waals surface area (Å²) >= 11 is 0. The van der Waals surface area contributed by atoms with Crippen LogP contribution in [0.15, 0.2) is 42.5 Å². The molecular formula is C25H26N2O5. The normalized spacial score (nSPS) is 20.8. The Balaban J connectivity index is 1.36. The molecular weight excluding hydrogens is 408 g/mol. The molecule has 0 aliphatic carbocycles. The molecule has 1 unspecified atom stereocenters. The largest absolute Gasteiger partial charge is 0.487 e. The molecule has 0 spiro atoms. The van der Waals surface area contributed by atoms with Crippen LogP contribution in [-0.4, -0.2) is 38.2 Å². The molecule has 1 fully saturated rings. The van der Waals surface area contributed by atoms with Crippen molar-refractivity contribution in [3.8, 4) is 0 Å². The van der Waals surface area contributed by atoms with Crippen molar-refractivity contribution in [3.05, 3.63) is 64.7 Å². The first-order chi connectivity index (χ1) is 15.7. The molecule has 1 saturated heterocycles. The minimum Gasteiger partial charge on any atom is -0.487 e. The molecule has 166 valence electrons. The molecule has 0 aromatic heterocycles. The minimum atomic E-state index is -0.357. The van der Waals surface area contributed by atoms with Crippen LogP contribution in [0.25, 0.3) is 11.3 Å². The molecule has 3 aliphatic rings. The number of anilines is 1. The van der Waals surface area contributed by atoms with Crippen LogP contribution in [0.2, 0.25) is 0 Å². The summed E-state index contributed by atoms with van der Waals surface area (Å²) in [7, 11) is 1.43. The van der Waals surface area contributed by atoms with E-state index in [0.29, 0.717) is 37.7 Å². The van der Waals surface area contributed by atoms with Gasteiger partial charge in [-0.05, 0) is 30.4 Å². The second-order valence-electron chi connectivity index (χ2n) is 8.32. The number of hydrogen-bond donors (Lipinski definition) is 2. The first-order valence-corrected chi connectivity index (χ1v) is 10.9. The van der Waals surface area contributed by atoms with Crippen LogP contribution in [0.3, 0.4) is 0 Å². The smallest absolute Gasteiger partial charge is 0.323 e. The number of methoxy groups -OCH3 is 1. The van der Waals surface area contributed by atoms with Gasteiger partial charge in [-0.25, -0.2) is 0 Å². The Morgan fingerprint density at radius 3 is 2.81 bits per heavy atom. The van der Waals surface area contributed by atoms with Gasteiger partial charge >= 0.3 is 5.97 Å².